The first kappa shape index (κ1) is 24.0. The third kappa shape index (κ3) is 5.21. The van der Waals surface area contributed by atoms with Crippen molar-refractivity contribution in [1.82, 2.24) is 0 Å². The summed E-state index contributed by atoms with van der Waals surface area (Å²) in [4.78, 5) is 58.7. The van der Waals surface area contributed by atoms with Crippen molar-refractivity contribution in [3.63, 3.8) is 0 Å². The molecule has 0 saturated heterocycles. The number of esters is 4. The Labute approximate surface area is 191 Å². The van der Waals surface area contributed by atoms with Gasteiger partial charge in [0.15, 0.2) is 17.3 Å². The van der Waals surface area contributed by atoms with Gasteiger partial charge in [-0.3, -0.25) is 24.0 Å². The van der Waals surface area contributed by atoms with Gasteiger partial charge in [0.1, 0.15) is 22.5 Å². The summed E-state index contributed by atoms with van der Waals surface area (Å²) in [6.07, 6.45) is 0. The van der Waals surface area contributed by atoms with Gasteiger partial charge in [-0.25, -0.2) is 0 Å². The Morgan fingerprint density at radius 3 is 1.88 bits per heavy atom. The number of hydrogen-bond acceptors (Lipinski definition) is 11. The van der Waals surface area contributed by atoms with Crippen molar-refractivity contribution in [2.24, 2.45) is 0 Å². The molecular weight excluding hydrogens is 452 g/mol. The van der Waals surface area contributed by atoms with E-state index in [1.165, 1.54) is 24.3 Å². The highest BCUT2D eigenvalue weighted by Gasteiger charge is 2.22. The van der Waals surface area contributed by atoms with E-state index in [1.807, 2.05) is 0 Å². The van der Waals surface area contributed by atoms with Gasteiger partial charge >= 0.3 is 23.9 Å². The maximum atomic E-state index is 13.0. The lowest BCUT2D eigenvalue weighted by Gasteiger charge is -2.13. The van der Waals surface area contributed by atoms with Crippen LogP contribution in [0.5, 0.6) is 28.7 Å². The van der Waals surface area contributed by atoms with Gasteiger partial charge in [0.25, 0.3) is 0 Å². The normalized spacial score (nSPS) is 10.5. The Kier molecular flexibility index (Phi) is 6.66. The van der Waals surface area contributed by atoms with E-state index >= 15 is 0 Å². The summed E-state index contributed by atoms with van der Waals surface area (Å²) in [5, 5.41) is 10.3. The van der Waals surface area contributed by atoms with Crippen LogP contribution in [0.25, 0.3) is 22.3 Å². The van der Waals surface area contributed by atoms with E-state index < -0.39 is 35.1 Å². The summed E-state index contributed by atoms with van der Waals surface area (Å²) in [6.45, 7) is 4.53. The van der Waals surface area contributed by atoms with Gasteiger partial charge in [0.2, 0.25) is 11.2 Å². The number of rotatable bonds is 5. The molecule has 1 N–H and O–H groups in total. The van der Waals surface area contributed by atoms with E-state index in [9.17, 15) is 29.1 Å². The largest absolute Gasteiger partial charge is 0.502 e. The van der Waals surface area contributed by atoms with Crippen LogP contribution in [0, 0.1) is 0 Å². The summed E-state index contributed by atoms with van der Waals surface area (Å²) in [5.74, 6) is -4.63. The molecule has 0 aliphatic rings. The second-order valence-corrected chi connectivity index (χ2v) is 6.94. The molecule has 3 aromatic rings. The second kappa shape index (κ2) is 9.45. The fourth-order valence-electron chi connectivity index (χ4n) is 3.03. The molecule has 176 valence electrons. The molecule has 0 aliphatic heterocycles. The molecule has 11 nitrogen and oxygen atoms in total. The molecule has 11 heteroatoms. The van der Waals surface area contributed by atoms with Crippen molar-refractivity contribution in [3.8, 4) is 40.1 Å². The molecule has 1 heterocycles. The molecule has 0 fully saturated rings. The van der Waals surface area contributed by atoms with Gasteiger partial charge in [-0.1, -0.05) is 0 Å². The van der Waals surface area contributed by atoms with E-state index in [0.29, 0.717) is 0 Å². The highest BCUT2D eigenvalue weighted by atomic mass is 16.6. The Bertz CT molecular complexity index is 1400. The van der Waals surface area contributed by atoms with Gasteiger partial charge in [-0.15, -0.1) is 0 Å². The quantitative estimate of drug-likeness (QED) is 0.432. The third-order valence-corrected chi connectivity index (χ3v) is 4.14. The maximum absolute atomic E-state index is 13.0. The Hall–Kier alpha value is -4.67. The summed E-state index contributed by atoms with van der Waals surface area (Å²) >= 11 is 0. The van der Waals surface area contributed by atoms with Crippen molar-refractivity contribution in [1.29, 1.82) is 0 Å². The highest BCUT2D eigenvalue weighted by molar-refractivity contribution is 5.91. The van der Waals surface area contributed by atoms with E-state index in [0.717, 1.165) is 33.8 Å². The van der Waals surface area contributed by atoms with Crippen molar-refractivity contribution < 1.29 is 47.6 Å². The van der Waals surface area contributed by atoms with Crippen molar-refractivity contribution >= 4 is 34.8 Å². The number of hydrogen-bond donors (Lipinski definition) is 1. The van der Waals surface area contributed by atoms with Gasteiger partial charge < -0.3 is 28.5 Å². The first-order chi connectivity index (χ1) is 16.0. The standard InChI is InChI=1S/C23H18O11/c1-10(24)30-15-8-18(33-13(4)27)20-19(9-15)34-23(22(29)21(20)28)14-5-6-16(31-11(2)25)17(7-14)32-12(3)26/h5-9,29H,1-4H3. The number of aromatic hydroxyl groups is 1. The molecule has 0 atom stereocenters. The summed E-state index contributed by atoms with van der Waals surface area (Å²) in [6, 6.07) is 6.17. The zero-order valence-electron chi connectivity index (χ0n) is 18.4. The Balaban J connectivity index is 2.27. The number of carbonyl (C=O) groups is 4. The van der Waals surface area contributed by atoms with Crippen LogP contribution in [0.2, 0.25) is 0 Å². The van der Waals surface area contributed by atoms with Crippen LogP contribution in [-0.4, -0.2) is 29.0 Å². The fraction of sp³-hybridized carbons (Fsp3) is 0.174. The number of ether oxygens (including phenoxy) is 4. The molecule has 0 bridgehead atoms. The monoisotopic (exact) mass is 470 g/mol. The van der Waals surface area contributed by atoms with Crippen LogP contribution in [0.15, 0.2) is 39.5 Å². The number of fused-ring (bicyclic) bond motifs is 1. The lowest BCUT2D eigenvalue weighted by Crippen LogP contribution is -2.10. The van der Waals surface area contributed by atoms with Crippen molar-refractivity contribution in [2.45, 2.75) is 27.7 Å². The predicted molar refractivity (Wildman–Crippen MR) is 115 cm³/mol. The molecule has 0 amide bonds. The average molecular weight is 470 g/mol. The first-order valence-corrected chi connectivity index (χ1v) is 9.68. The maximum Gasteiger partial charge on any atom is 0.308 e. The molecule has 0 spiro atoms. The molecule has 0 saturated carbocycles. The van der Waals surface area contributed by atoms with Crippen LogP contribution in [0.3, 0.4) is 0 Å². The number of benzene rings is 2. The van der Waals surface area contributed by atoms with E-state index in [1.54, 1.807) is 0 Å². The first-order valence-electron chi connectivity index (χ1n) is 9.68. The molecular formula is C23H18O11. The lowest BCUT2D eigenvalue weighted by atomic mass is 10.1. The smallest absolute Gasteiger partial charge is 0.308 e. The van der Waals surface area contributed by atoms with Gasteiger partial charge in [-0.2, -0.15) is 0 Å². The van der Waals surface area contributed by atoms with Gasteiger partial charge in [0, 0.05) is 45.4 Å². The van der Waals surface area contributed by atoms with Crippen LogP contribution in [0.1, 0.15) is 27.7 Å². The predicted octanol–water partition coefficient (Wildman–Crippen LogP) is 2.87. The minimum atomic E-state index is -0.944. The summed E-state index contributed by atoms with van der Waals surface area (Å²) < 4.78 is 25.8. The van der Waals surface area contributed by atoms with Crippen molar-refractivity contribution in [2.75, 3.05) is 0 Å². The van der Waals surface area contributed by atoms with E-state index in [4.69, 9.17) is 23.4 Å². The van der Waals surface area contributed by atoms with Crippen LogP contribution in [-0.2, 0) is 19.2 Å². The third-order valence-electron chi connectivity index (χ3n) is 4.14. The minimum absolute atomic E-state index is 0.0792. The topological polar surface area (TPSA) is 156 Å². The van der Waals surface area contributed by atoms with Crippen LogP contribution >= 0.6 is 0 Å². The van der Waals surface area contributed by atoms with Gasteiger partial charge in [-0.05, 0) is 18.2 Å². The fourth-order valence-corrected chi connectivity index (χ4v) is 3.03. The summed E-state index contributed by atoms with van der Waals surface area (Å²) in [5.41, 5.74) is -1.04. The van der Waals surface area contributed by atoms with Crippen LogP contribution < -0.4 is 24.4 Å². The summed E-state index contributed by atoms with van der Waals surface area (Å²) in [7, 11) is 0. The van der Waals surface area contributed by atoms with E-state index in [-0.39, 0.29) is 45.3 Å². The molecule has 1 aromatic heterocycles. The number of carbonyl (C=O) groups excluding carboxylic acids is 4. The molecule has 0 radical (unpaired) electrons. The van der Waals surface area contributed by atoms with E-state index in [2.05, 4.69) is 0 Å². The van der Waals surface area contributed by atoms with Crippen molar-refractivity contribution in [3.05, 3.63) is 40.6 Å². The molecule has 0 aliphatic carbocycles. The SMILES string of the molecule is CC(=O)Oc1cc(OC(C)=O)c2c(=O)c(O)c(-c3ccc(OC(C)=O)c(OC(C)=O)c3)oc2c1. The molecule has 3 rings (SSSR count). The molecule has 2 aromatic carbocycles. The zero-order valence-corrected chi connectivity index (χ0v) is 18.4. The van der Waals surface area contributed by atoms with Crippen LogP contribution in [0.4, 0.5) is 0 Å². The minimum Gasteiger partial charge on any atom is -0.502 e. The Morgan fingerprint density at radius 2 is 1.29 bits per heavy atom. The molecule has 0 unspecified atom stereocenters. The lowest BCUT2D eigenvalue weighted by molar-refractivity contribution is -0.134. The highest BCUT2D eigenvalue weighted by Crippen LogP contribution is 2.39. The Morgan fingerprint density at radius 1 is 0.735 bits per heavy atom. The second-order valence-electron chi connectivity index (χ2n) is 6.94. The zero-order chi connectivity index (χ0) is 25.2. The average Bonchev–Trinajstić information content (AvgIpc) is 2.70. The van der Waals surface area contributed by atoms with Gasteiger partial charge in [0.05, 0.1) is 0 Å². The molecule has 34 heavy (non-hydrogen) atoms.